The molecule has 11 rings (SSSR count). The Bertz CT molecular complexity index is 3300. The molecular weight excluding hydrogens is 727 g/mol. The van der Waals surface area contributed by atoms with Crippen LogP contribution in [0, 0.1) is 0 Å². The number of benzene rings is 10. The lowest BCUT2D eigenvalue weighted by Gasteiger charge is -2.29. The first kappa shape index (κ1) is 35.2. The van der Waals surface area contributed by atoms with Crippen molar-refractivity contribution in [3.8, 4) is 55.6 Å². The third-order valence-electron chi connectivity index (χ3n) is 11.7. The lowest BCUT2D eigenvalue weighted by atomic mass is 9.91. The number of furan rings is 1. The largest absolute Gasteiger partial charge is 0.456 e. The minimum atomic E-state index is 0.879. The Hall–Kier alpha value is -7.94. The van der Waals surface area contributed by atoms with Crippen LogP contribution in [0.1, 0.15) is 0 Å². The first-order valence-electron chi connectivity index (χ1n) is 20.5. The quantitative estimate of drug-likeness (QED) is 0.153. The molecule has 0 radical (unpaired) electrons. The second-order valence-corrected chi connectivity index (χ2v) is 15.2. The Kier molecular flexibility index (Phi) is 8.87. The van der Waals surface area contributed by atoms with Gasteiger partial charge in [-0.25, -0.2) is 0 Å². The van der Waals surface area contributed by atoms with Gasteiger partial charge in [-0.1, -0.05) is 194 Å². The molecule has 1 heterocycles. The SMILES string of the molecule is c1ccc(-c2ccc(-c3ccc(N(c4cccc(-c5ccccc5-c5cccc6ccccc56)c4)c4ccccc4-c4cccc5oc6ccccc6c45)cc3)cc2)cc1. The molecule has 0 bridgehead atoms. The van der Waals surface area contributed by atoms with Crippen molar-refractivity contribution in [1.29, 1.82) is 0 Å². The van der Waals surface area contributed by atoms with Gasteiger partial charge in [0.25, 0.3) is 0 Å². The molecule has 0 saturated carbocycles. The molecule has 0 aliphatic carbocycles. The summed E-state index contributed by atoms with van der Waals surface area (Å²) < 4.78 is 6.40. The standard InChI is InChI=1S/C58H39NO/c1-2-15-40(16-3-1)41-31-33-42(34-32-41)43-35-37-46(38-36-43)59(55-28-10-8-24-52(55)53-27-14-30-57-58(53)54-25-9-11-29-56(54)60-57)47-20-12-19-45(39-47)49-22-6-7-23-50(49)51-26-13-18-44-17-4-5-21-48(44)51/h1-39H. The van der Waals surface area contributed by atoms with Gasteiger partial charge < -0.3 is 9.32 Å². The molecule has 0 unspecified atom stereocenters. The zero-order valence-corrected chi connectivity index (χ0v) is 32.9. The number of para-hydroxylation sites is 2. The molecule has 0 amide bonds. The van der Waals surface area contributed by atoms with Gasteiger partial charge in [-0.2, -0.15) is 0 Å². The van der Waals surface area contributed by atoms with E-state index in [1.54, 1.807) is 0 Å². The maximum atomic E-state index is 6.40. The van der Waals surface area contributed by atoms with E-state index in [1.807, 2.05) is 6.07 Å². The maximum Gasteiger partial charge on any atom is 0.136 e. The fourth-order valence-electron chi connectivity index (χ4n) is 8.85. The van der Waals surface area contributed by atoms with Gasteiger partial charge in [-0.15, -0.1) is 0 Å². The van der Waals surface area contributed by atoms with E-state index in [0.29, 0.717) is 0 Å². The van der Waals surface area contributed by atoms with Crippen LogP contribution in [0.5, 0.6) is 0 Å². The fourth-order valence-corrected chi connectivity index (χ4v) is 8.85. The van der Waals surface area contributed by atoms with E-state index >= 15 is 0 Å². The molecule has 282 valence electrons. The van der Waals surface area contributed by atoms with E-state index in [4.69, 9.17) is 4.42 Å². The second kappa shape index (κ2) is 15.1. The summed E-state index contributed by atoms with van der Waals surface area (Å²) >= 11 is 0. The van der Waals surface area contributed by atoms with Crippen LogP contribution in [0.2, 0.25) is 0 Å². The normalized spacial score (nSPS) is 11.3. The zero-order chi connectivity index (χ0) is 39.8. The Labute approximate surface area is 349 Å². The molecule has 0 spiro atoms. The third kappa shape index (κ3) is 6.32. The molecule has 60 heavy (non-hydrogen) atoms. The first-order valence-corrected chi connectivity index (χ1v) is 20.5. The molecule has 2 heteroatoms. The Morgan fingerprint density at radius 3 is 1.60 bits per heavy atom. The highest BCUT2D eigenvalue weighted by Gasteiger charge is 2.21. The molecule has 0 saturated heterocycles. The molecule has 2 nitrogen and oxygen atoms in total. The van der Waals surface area contributed by atoms with E-state index in [-0.39, 0.29) is 0 Å². The minimum Gasteiger partial charge on any atom is -0.456 e. The van der Waals surface area contributed by atoms with Crippen molar-refractivity contribution < 1.29 is 4.42 Å². The zero-order valence-electron chi connectivity index (χ0n) is 32.9. The van der Waals surface area contributed by atoms with Crippen LogP contribution in [-0.4, -0.2) is 0 Å². The summed E-state index contributed by atoms with van der Waals surface area (Å²) in [7, 11) is 0. The van der Waals surface area contributed by atoms with Crippen LogP contribution in [0.4, 0.5) is 17.1 Å². The van der Waals surface area contributed by atoms with Crippen molar-refractivity contribution in [2.75, 3.05) is 4.90 Å². The van der Waals surface area contributed by atoms with Crippen molar-refractivity contribution in [1.82, 2.24) is 0 Å². The number of anilines is 3. The summed E-state index contributed by atoms with van der Waals surface area (Å²) in [5.74, 6) is 0. The van der Waals surface area contributed by atoms with Gasteiger partial charge in [-0.3, -0.25) is 0 Å². The highest BCUT2D eigenvalue weighted by Crippen LogP contribution is 2.46. The van der Waals surface area contributed by atoms with Gasteiger partial charge in [0.15, 0.2) is 0 Å². The van der Waals surface area contributed by atoms with Gasteiger partial charge in [0.05, 0.1) is 5.69 Å². The van der Waals surface area contributed by atoms with Crippen LogP contribution in [0.15, 0.2) is 241 Å². The van der Waals surface area contributed by atoms with Gasteiger partial charge in [0.1, 0.15) is 11.2 Å². The van der Waals surface area contributed by atoms with Crippen molar-refractivity contribution in [3.05, 3.63) is 237 Å². The lowest BCUT2D eigenvalue weighted by molar-refractivity contribution is 0.669. The van der Waals surface area contributed by atoms with E-state index < -0.39 is 0 Å². The van der Waals surface area contributed by atoms with Crippen LogP contribution in [-0.2, 0) is 0 Å². The predicted octanol–water partition coefficient (Wildman–Crippen LogP) is 16.5. The maximum absolute atomic E-state index is 6.40. The Morgan fingerprint density at radius 1 is 0.283 bits per heavy atom. The molecule has 0 N–H and O–H groups in total. The number of fused-ring (bicyclic) bond motifs is 4. The molecule has 0 aliphatic heterocycles. The topological polar surface area (TPSA) is 16.4 Å². The molecule has 11 aromatic rings. The molecule has 10 aromatic carbocycles. The number of hydrogen-bond acceptors (Lipinski definition) is 2. The van der Waals surface area contributed by atoms with E-state index in [2.05, 4.69) is 235 Å². The summed E-state index contributed by atoms with van der Waals surface area (Å²) in [5.41, 5.74) is 16.8. The monoisotopic (exact) mass is 765 g/mol. The Morgan fingerprint density at radius 2 is 0.800 bits per heavy atom. The Balaban J connectivity index is 1.07. The molecule has 1 aromatic heterocycles. The summed E-state index contributed by atoms with van der Waals surface area (Å²) in [5, 5.41) is 4.71. The lowest BCUT2D eigenvalue weighted by Crippen LogP contribution is -2.11. The van der Waals surface area contributed by atoms with Gasteiger partial charge >= 0.3 is 0 Å². The highest BCUT2D eigenvalue weighted by atomic mass is 16.3. The predicted molar refractivity (Wildman–Crippen MR) is 253 cm³/mol. The number of rotatable bonds is 8. The van der Waals surface area contributed by atoms with Crippen LogP contribution in [0.25, 0.3) is 88.3 Å². The van der Waals surface area contributed by atoms with E-state index in [9.17, 15) is 0 Å². The van der Waals surface area contributed by atoms with Crippen molar-refractivity contribution >= 4 is 49.8 Å². The van der Waals surface area contributed by atoms with Crippen LogP contribution < -0.4 is 4.90 Å². The summed E-state index contributed by atoms with van der Waals surface area (Å²) in [6, 6.07) is 84.9. The van der Waals surface area contributed by atoms with E-state index in [1.165, 1.54) is 49.7 Å². The van der Waals surface area contributed by atoms with Gasteiger partial charge in [0.2, 0.25) is 0 Å². The molecule has 0 aliphatic rings. The van der Waals surface area contributed by atoms with Gasteiger partial charge in [-0.05, 0) is 103 Å². The average Bonchev–Trinajstić information content (AvgIpc) is 3.72. The second-order valence-electron chi connectivity index (χ2n) is 15.2. The summed E-state index contributed by atoms with van der Waals surface area (Å²) in [6.07, 6.45) is 0. The van der Waals surface area contributed by atoms with Crippen LogP contribution >= 0.6 is 0 Å². The summed E-state index contributed by atoms with van der Waals surface area (Å²) in [6.45, 7) is 0. The molecule has 0 atom stereocenters. The summed E-state index contributed by atoms with van der Waals surface area (Å²) in [4.78, 5) is 2.41. The van der Waals surface area contributed by atoms with Crippen LogP contribution in [0.3, 0.4) is 0 Å². The fraction of sp³-hybridized carbons (Fsp3) is 0. The van der Waals surface area contributed by atoms with E-state index in [0.717, 1.165) is 55.7 Å². The highest BCUT2D eigenvalue weighted by molar-refractivity contribution is 6.14. The number of hydrogen-bond donors (Lipinski definition) is 0. The van der Waals surface area contributed by atoms with Crippen molar-refractivity contribution in [3.63, 3.8) is 0 Å². The van der Waals surface area contributed by atoms with Crippen molar-refractivity contribution in [2.45, 2.75) is 0 Å². The third-order valence-corrected chi connectivity index (χ3v) is 11.7. The minimum absolute atomic E-state index is 0.879. The average molecular weight is 766 g/mol. The smallest absolute Gasteiger partial charge is 0.136 e. The van der Waals surface area contributed by atoms with Crippen molar-refractivity contribution in [2.24, 2.45) is 0 Å². The molecule has 0 fully saturated rings. The number of nitrogens with zero attached hydrogens (tertiary/aromatic N) is 1. The molecular formula is C58H39NO. The first-order chi connectivity index (χ1) is 29.8. The van der Waals surface area contributed by atoms with Gasteiger partial charge in [0, 0.05) is 27.7 Å².